The molecule has 5 rings (SSSR count). The number of carboxylic acid groups (broad SMARTS) is 1. The van der Waals surface area contributed by atoms with Gasteiger partial charge in [0.15, 0.2) is 5.56 Å². The molecule has 1 fully saturated rings. The third-order valence-electron chi connectivity index (χ3n) is 6.69. The summed E-state index contributed by atoms with van der Waals surface area (Å²) in [7, 11) is 1.88. The van der Waals surface area contributed by atoms with Crippen molar-refractivity contribution in [2.45, 2.75) is 38.6 Å². The van der Waals surface area contributed by atoms with E-state index < -0.39 is 28.7 Å². The third kappa shape index (κ3) is 3.05. The number of aromatic amines is 1. The van der Waals surface area contributed by atoms with E-state index in [1.165, 1.54) is 18.9 Å². The number of halogens is 1. The lowest BCUT2D eigenvalue weighted by molar-refractivity contribution is 0.0691. The predicted molar refractivity (Wildman–Crippen MR) is 114 cm³/mol. The van der Waals surface area contributed by atoms with E-state index in [2.05, 4.69) is 9.88 Å². The number of carbonyl (C=O) groups is 1. The number of likely N-dealkylation sites (tertiary alicyclic amines) is 1. The number of aromatic hydroxyl groups is 1. The maximum absolute atomic E-state index is 15.3. The van der Waals surface area contributed by atoms with Crippen molar-refractivity contribution in [2.24, 2.45) is 7.05 Å². The van der Waals surface area contributed by atoms with Gasteiger partial charge in [-0.25, -0.2) is 9.18 Å². The summed E-state index contributed by atoms with van der Waals surface area (Å²) in [5.74, 6) is -2.41. The number of hydrogen-bond acceptors (Lipinski definition) is 4. The summed E-state index contributed by atoms with van der Waals surface area (Å²) in [6.45, 7) is 2.85. The number of aromatic carboxylic acids is 1. The molecule has 0 bridgehead atoms. The smallest absolute Gasteiger partial charge is 0.345 e. The summed E-state index contributed by atoms with van der Waals surface area (Å²) in [5.41, 5.74) is 2.10. The third-order valence-corrected chi connectivity index (χ3v) is 6.69. The molecule has 1 saturated heterocycles. The largest absolute Gasteiger partial charge is 0.506 e. The average molecular weight is 425 g/mol. The molecule has 0 saturated carbocycles. The molecule has 2 aliphatic rings. The van der Waals surface area contributed by atoms with Gasteiger partial charge in [-0.3, -0.25) is 9.69 Å². The van der Waals surface area contributed by atoms with E-state index in [1.807, 2.05) is 17.7 Å². The highest BCUT2D eigenvalue weighted by molar-refractivity contribution is 5.95. The van der Waals surface area contributed by atoms with Crippen molar-refractivity contribution in [3.8, 4) is 17.0 Å². The number of carboxylic acids is 1. The van der Waals surface area contributed by atoms with Gasteiger partial charge >= 0.3 is 5.97 Å². The van der Waals surface area contributed by atoms with Crippen molar-refractivity contribution in [1.29, 1.82) is 0 Å². The minimum absolute atomic E-state index is 0.311. The van der Waals surface area contributed by atoms with Gasteiger partial charge in [-0.15, -0.1) is 0 Å². The molecule has 1 aliphatic heterocycles. The zero-order chi connectivity index (χ0) is 21.9. The van der Waals surface area contributed by atoms with Crippen LogP contribution in [0.15, 0.2) is 16.9 Å². The summed E-state index contributed by atoms with van der Waals surface area (Å²) in [5, 5.41) is 20.6. The van der Waals surface area contributed by atoms with Crippen molar-refractivity contribution in [3.63, 3.8) is 0 Å². The Bertz CT molecular complexity index is 1280. The number of pyridine rings is 1. The summed E-state index contributed by atoms with van der Waals surface area (Å²) in [4.78, 5) is 28.8. The van der Waals surface area contributed by atoms with E-state index in [-0.39, 0.29) is 0 Å². The second kappa shape index (κ2) is 7.23. The van der Waals surface area contributed by atoms with Crippen molar-refractivity contribution in [2.75, 3.05) is 13.1 Å². The molecule has 0 amide bonds. The zero-order valence-corrected chi connectivity index (χ0v) is 17.3. The zero-order valence-electron chi connectivity index (χ0n) is 17.3. The molecular formula is C23H24FN3O4. The summed E-state index contributed by atoms with van der Waals surface area (Å²) >= 11 is 0. The van der Waals surface area contributed by atoms with Crippen LogP contribution in [0.2, 0.25) is 0 Å². The van der Waals surface area contributed by atoms with E-state index in [1.54, 1.807) is 0 Å². The van der Waals surface area contributed by atoms with Crippen molar-refractivity contribution < 1.29 is 19.4 Å². The lowest BCUT2D eigenvalue weighted by Crippen LogP contribution is -2.20. The van der Waals surface area contributed by atoms with Gasteiger partial charge in [0.25, 0.3) is 5.56 Å². The van der Waals surface area contributed by atoms with Crippen LogP contribution in [0.4, 0.5) is 4.39 Å². The van der Waals surface area contributed by atoms with Crippen LogP contribution in [-0.2, 0) is 26.4 Å². The number of aryl methyl sites for hydroxylation is 2. The Morgan fingerprint density at radius 1 is 1.16 bits per heavy atom. The molecule has 1 aromatic carbocycles. The standard InChI is InChI=1S/C23H24FN3O4/c1-26-12(11-27-7-2-3-8-27)9-16-13-5-4-6-14-19(15(13)10-17(24)20(16)26)25-22(29)18(21(14)28)23(30)31/h9-10H,2-8,11H2,1H3,(H,30,31)(H2,25,28,29). The van der Waals surface area contributed by atoms with Crippen molar-refractivity contribution in [1.82, 2.24) is 14.5 Å². The molecule has 0 atom stereocenters. The second-order valence-electron chi connectivity index (χ2n) is 8.51. The van der Waals surface area contributed by atoms with Crippen LogP contribution in [0.25, 0.3) is 22.2 Å². The van der Waals surface area contributed by atoms with Gasteiger partial charge in [-0.05, 0) is 62.9 Å². The van der Waals surface area contributed by atoms with E-state index >= 15 is 4.39 Å². The number of nitrogens with one attached hydrogen (secondary N) is 1. The SMILES string of the molecule is Cn1c(CN2CCCC2)cc2c3c(cc(F)c21)-c1[nH]c(=O)c(C(=O)O)c(O)c1CCC3. The first-order valence-corrected chi connectivity index (χ1v) is 10.6. The minimum atomic E-state index is -1.48. The molecule has 3 heterocycles. The fourth-order valence-corrected chi connectivity index (χ4v) is 5.16. The minimum Gasteiger partial charge on any atom is -0.506 e. The van der Waals surface area contributed by atoms with Gasteiger partial charge in [0.05, 0.1) is 11.2 Å². The molecule has 0 radical (unpaired) electrons. The number of benzene rings is 1. The Balaban J connectivity index is 1.73. The van der Waals surface area contributed by atoms with E-state index in [9.17, 15) is 19.8 Å². The van der Waals surface area contributed by atoms with Gasteiger partial charge in [0.2, 0.25) is 0 Å². The highest BCUT2D eigenvalue weighted by Gasteiger charge is 2.28. The van der Waals surface area contributed by atoms with E-state index in [0.717, 1.165) is 36.3 Å². The van der Waals surface area contributed by atoms with Crippen LogP contribution < -0.4 is 5.56 Å². The maximum Gasteiger partial charge on any atom is 0.345 e. The van der Waals surface area contributed by atoms with Crippen molar-refractivity contribution in [3.05, 3.63) is 50.7 Å². The van der Waals surface area contributed by atoms with Gasteiger partial charge in [0, 0.05) is 35.8 Å². The lowest BCUT2D eigenvalue weighted by Gasteiger charge is -2.15. The highest BCUT2D eigenvalue weighted by atomic mass is 19.1. The summed E-state index contributed by atoms with van der Waals surface area (Å²) < 4.78 is 17.2. The molecule has 162 valence electrons. The first kappa shape index (κ1) is 19.8. The monoisotopic (exact) mass is 425 g/mol. The first-order valence-electron chi connectivity index (χ1n) is 10.6. The Morgan fingerprint density at radius 3 is 2.58 bits per heavy atom. The van der Waals surface area contributed by atoms with Crippen LogP contribution in [0.5, 0.6) is 5.75 Å². The lowest BCUT2D eigenvalue weighted by atomic mass is 9.96. The first-order chi connectivity index (χ1) is 14.9. The van der Waals surface area contributed by atoms with Gasteiger partial charge in [-0.2, -0.15) is 0 Å². The fourth-order valence-electron chi connectivity index (χ4n) is 5.16. The normalized spacial score (nSPS) is 16.3. The topological polar surface area (TPSA) is 98.6 Å². The Kier molecular flexibility index (Phi) is 4.62. The van der Waals surface area contributed by atoms with Crippen LogP contribution in [-0.4, -0.2) is 43.7 Å². The second-order valence-corrected chi connectivity index (χ2v) is 8.51. The Hall–Kier alpha value is -3.13. The highest BCUT2D eigenvalue weighted by Crippen LogP contribution is 2.40. The Labute approximate surface area is 177 Å². The fraction of sp³-hybridized carbons (Fsp3) is 0.391. The quantitative estimate of drug-likeness (QED) is 0.599. The van der Waals surface area contributed by atoms with Crippen molar-refractivity contribution >= 4 is 16.9 Å². The number of hydrogen-bond donors (Lipinski definition) is 3. The molecule has 31 heavy (non-hydrogen) atoms. The Morgan fingerprint density at radius 2 is 1.87 bits per heavy atom. The van der Waals surface area contributed by atoms with Crippen LogP contribution in [0.3, 0.4) is 0 Å². The molecule has 3 N–H and O–H groups in total. The molecule has 1 aliphatic carbocycles. The number of H-pyrrole nitrogens is 1. The van der Waals surface area contributed by atoms with Gasteiger partial charge in [0.1, 0.15) is 11.6 Å². The number of aromatic nitrogens is 2. The number of nitrogens with zero attached hydrogens (tertiary/aromatic N) is 2. The molecule has 0 unspecified atom stereocenters. The van der Waals surface area contributed by atoms with Gasteiger partial charge in [-0.1, -0.05) is 0 Å². The summed E-state index contributed by atoms with van der Waals surface area (Å²) in [6, 6.07) is 3.43. The van der Waals surface area contributed by atoms with E-state index in [0.29, 0.717) is 41.6 Å². The number of fused-ring (bicyclic) bond motifs is 5. The van der Waals surface area contributed by atoms with Crippen LogP contribution in [0, 0.1) is 5.82 Å². The maximum atomic E-state index is 15.3. The van der Waals surface area contributed by atoms with Crippen LogP contribution >= 0.6 is 0 Å². The molecule has 7 nitrogen and oxygen atoms in total. The molecular weight excluding hydrogens is 401 g/mol. The molecule has 3 aromatic rings. The average Bonchev–Trinajstić information content (AvgIpc) is 3.28. The molecule has 0 spiro atoms. The molecule has 2 aromatic heterocycles. The van der Waals surface area contributed by atoms with Gasteiger partial charge < -0.3 is 19.8 Å². The predicted octanol–water partition coefficient (Wildman–Crippen LogP) is 3.16. The van der Waals surface area contributed by atoms with Crippen LogP contribution in [0.1, 0.15) is 46.4 Å². The molecule has 8 heteroatoms. The summed E-state index contributed by atoms with van der Waals surface area (Å²) in [6.07, 6.45) is 4.04. The van der Waals surface area contributed by atoms with E-state index in [4.69, 9.17) is 0 Å². The number of rotatable bonds is 3.